The lowest BCUT2D eigenvalue weighted by atomic mass is 10.1. The molecule has 1 aromatic carbocycles. The minimum absolute atomic E-state index is 0.149. The molecule has 6 heteroatoms. The number of halogens is 2. The number of nitrogens with zero attached hydrogens (tertiary/aromatic N) is 1. The number of benzene rings is 1. The second-order valence-corrected chi connectivity index (χ2v) is 3.98. The van der Waals surface area contributed by atoms with Crippen LogP contribution in [-0.2, 0) is 0 Å². The zero-order valence-corrected chi connectivity index (χ0v) is 9.51. The third-order valence-electron chi connectivity index (χ3n) is 2.15. The molecule has 0 amide bonds. The third kappa shape index (κ3) is 1.77. The molecule has 3 N–H and O–H groups in total. The number of hydrogen-bond donors (Lipinski definition) is 2. The Morgan fingerprint density at radius 2 is 2.12 bits per heavy atom. The van der Waals surface area contributed by atoms with E-state index in [2.05, 4.69) is 10.2 Å². The number of anilines is 1. The van der Waals surface area contributed by atoms with Crippen molar-refractivity contribution in [1.29, 1.82) is 0 Å². The number of aromatic nitrogens is 2. The van der Waals surface area contributed by atoms with Gasteiger partial charge < -0.3 is 5.73 Å². The molecule has 82 valence electrons. The Kier molecular flexibility index (Phi) is 2.85. The molecule has 0 saturated heterocycles. The zero-order valence-electron chi connectivity index (χ0n) is 8.00. The van der Waals surface area contributed by atoms with Gasteiger partial charge in [0.25, 0.3) is 0 Å². The summed E-state index contributed by atoms with van der Waals surface area (Å²) >= 11 is 11.8. The number of nitrogen functional groups attached to an aromatic ring is 1. The number of nitrogens with one attached hydrogen (secondary N) is 1. The molecule has 2 rings (SSSR count). The number of H-pyrrole nitrogens is 1. The molecule has 0 unspecified atom stereocenters. The van der Waals surface area contributed by atoms with Gasteiger partial charge in [-0.1, -0.05) is 23.2 Å². The Morgan fingerprint density at radius 1 is 1.38 bits per heavy atom. The summed E-state index contributed by atoms with van der Waals surface area (Å²) in [6, 6.07) is 4.96. The lowest BCUT2D eigenvalue weighted by molar-refractivity contribution is 0.112. The fraction of sp³-hybridized carbons (Fsp3) is 0. The smallest absolute Gasteiger partial charge is 0.156 e. The van der Waals surface area contributed by atoms with Gasteiger partial charge in [0.2, 0.25) is 0 Å². The predicted octanol–water partition coefficient (Wildman–Crippen LogP) is 2.78. The molecule has 1 aromatic heterocycles. The molecule has 0 bridgehead atoms. The molecule has 0 atom stereocenters. The van der Waals surface area contributed by atoms with Gasteiger partial charge >= 0.3 is 0 Å². The molecule has 0 spiro atoms. The van der Waals surface area contributed by atoms with E-state index in [1.54, 1.807) is 18.2 Å². The molecule has 0 aliphatic rings. The highest BCUT2D eigenvalue weighted by atomic mass is 35.5. The second-order valence-electron chi connectivity index (χ2n) is 3.14. The summed E-state index contributed by atoms with van der Waals surface area (Å²) in [6.45, 7) is 0. The number of carbonyl (C=O) groups excluding carboxylic acids is 1. The van der Waals surface area contributed by atoms with Crippen LogP contribution in [0.4, 0.5) is 5.82 Å². The van der Waals surface area contributed by atoms with E-state index in [1.165, 1.54) is 0 Å². The van der Waals surface area contributed by atoms with E-state index >= 15 is 0 Å². The normalized spacial score (nSPS) is 10.4. The van der Waals surface area contributed by atoms with E-state index in [0.717, 1.165) is 0 Å². The van der Waals surface area contributed by atoms with Gasteiger partial charge in [-0.2, -0.15) is 5.10 Å². The fourth-order valence-electron chi connectivity index (χ4n) is 1.38. The SMILES string of the molecule is Nc1n[nH]c(-c2ccc(Cl)cc2Cl)c1C=O. The number of rotatable bonds is 2. The van der Waals surface area contributed by atoms with Crippen LogP contribution in [0.1, 0.15) is 10.4 Å². The van der Waals surface area contributed by atoms with Crippen molar-refractivity contribution in [2.45, 2.75) is 0 Å². The quantitative estimate of drug-likeness (QED) is 0.811. The first-order valence-corrected chi connectivity index (χ1v) is 5.13. The van der Waals surface area contributed by atoms with Crippen LogP contribution in [-0.4, -0.2) is 16.5 Å². The van der Waals surface area contributed by atoms with Gasteiger partial charge in [-0.05, 0) is 18.2 Å². The standard InChI is InChI=1S/C10H7Cl2N3O/c11-5-1-2-6(8(12)3-5)9-7(4-16)10(13)15-14-9/h1-4H,(H3,13,14,15). The molecule has 0 radical (unpaired) electrons. The van der Waals surface area contributed by atoms with Crippen LogP contribution in [0.2, 0.25) is 10.0 Å². The molecule has 4 nitrogen and oxygen atoms in total. The number of aromatic amines is 1. The highest BCUT2D eigenvalue weighted by Gasteiger charge is 2.14. The summed E-state index contributed by atoms with van der Waals surface area (Å²) in [6.07, 6.45) is 0.638. The number of nitrogens with two attached hydrogens (primary N) is 1. The minimum Gasteiger partial charge on any atom is -0.382 e. The van der Waals surface area contributed by atoms with Crippen LogP contribution >= 0.6 is 23.2 Å². The summed E-state index contributed by atoms with van der Waals surface area (Å²) < 4.78 is 0. The summed E-state index contributed by atoms with van der Waals surface area (Å²) in [4.78, 5) is 10.9. The maximum absolute atomic E-state index is 10.9. The Balaban J connectivity index is 2.63. The Hall–Kier alpha value is -1.52. The molecular formula is C10H7Cl2N3O. The van der Waals surface area contributed by atoms with Crippen molar-refractivity contribution in [3.63, 3.8) is 0 Å². The largest absolute Gasteiger partial charge is 0.382 e. The van der Waals surface area contributed by atoms with Crippen molar-refractivity contribution in [3.05, 3.63) is 33.8 Å². The van der Waals surface area contributed by atoms with Crippen molar-refractivity contribution < 1.29 is 4.79 Å². The van der Waals surface area contributed by atoms with E-state index in [4.69, 9.17) is 28.9 Å². The molecule has 1 heterocycles. The molecular weight excluding hydrogens is 249 g/mol. The Labute approximate surface area is 101 Å². The number of carbonyl (C=O) groups is 1. The van der Waals surface area contributed by atoms with Crippen LogP contribution in [0.3, 0.4) is 0 Å². The van der Waals surface area contributed by atoms with E-state index in [9.17, 15) is 4.79 Å². The summed E-state index contributed by atoms with van der Waals surface area (Å²) in [7, 11) is 0. The molecule has 2 aromatic rings. The van der Waals surface area contributed by atoms with Crippen LogP contribution in [0.25, 0.3) is 11.3 Å². The maximum atomic E-state index is 10.9. The summed E-state index contributed by atoms with van der Waals surface area (Å²) in [5.41, 5.74) is 6.95. The van der Waals surface area contributed by atoms with Gasteiger partial charge in [-0.25, -0.2) is 0 Å². The van der Waals surface area contributed by atoms with Crippen LogP contribution in [0, 0.1) is 0 Å². The molecule has 16 heavy (non-hydrogen) atoms. The average Bonchev–Trinajstić information content (AvgIpc) is 2.59. The minimum atomic E-state index is 0.149. The highest BCUT2D eigenvalue weighted by molar-refractivity contribution is 6.36. The van der Waals surface area contributed by atoms with Crippen molar-refractivity contribution in [3.8, 4) is 11.3 Å². The van der Waals surface area contributed by atoms with E-state index in [-0.39, 0.29) is 5.82 Å². The van der Waals surface area contributed by atoms with Gasteiger partial charge in [0.15, 0.2) is 12.1 Å². The van der Waals surface area contributed by atoms with Crippen molar-refractivity contribution in [2.75, 3.05) is 5.73 Å². The molecule has 0 aliphatic heterocycles. The van der Waals surface area contributed by atoms with Gasteiger partial charge in [0.05, 0.1) is 16.3 Å². The van der Waals surface area contributed by atoms with Crippen molar-refractivity contribution >= 4 is 35.3 Å². The molecule has 0 fully saturated rings. The molecule has 0 aliphatic carbocycles. The molecule has 0 saturated carbocycles. The van der Waals surface area contributed by atoms with Crippen molar-refractivity contribution in [1.82, 2.24) is 10.2 Å². The van der Waals surface area contributed by atoms with Crippen LogP contribution in [0.5, 0.6) is 0 Å². The van der Waals surface area contributed by atoms with Crippen LogP contribution in [0.15, 0.2) is 18.2 Å². The van der Waals surface area contributed by atoms with Gasteiger partial charge in [-0.15, -0.1) is 0 Å². The summed E-state index contributed by atoms with van der Waals surface area (Å²) in [5, 5.41) is 7.38. The van der Waals surface area contributed by atoms with E-state index in [0.29, 0.717) is 33.2 Å². The van der Waals surface area contributed by atoms with Crippen LogP contribution < -0.4 is 5.73 Å². The van der Waals surface area contributed by atoms with E-state index in [1.807, 2.05) is 0 Å². The fourth-order valence-corrected chi connectivity index (χ4v) is 1.88. The van der Waals surface area contributed by atoms with Crippen molar-refractivity contribution in [2.24, 2.45) is 0 Å². The Morgan fingerprint density at radius 3 is 2.75 bits per heavy atom. The number of hydrogen-bond acceptors (Lipinski definition) is 3. The topological polar surface area (TPSA) is 71.8 Å². The highest BCUT2D eigenvalue weighted by Crippen LogP contribution is 2.32. The Bertz CT molecular complexity index is 551. The van der Waals surface area contributed by atoms with Gasteiger partial charge in [-0.3, -0.25) is 9.89 Å². The zero-order chi connectivity index (χ0) is 11.7. The number of aldehydes is 1. The first-order valence-electron chi connectivity index (χ1n) is 4.38. The maximum Gasteiger partial charge on any atom is 0.156 e. The van der Waals surface area contributed by atoms with E-state index < -0.39 is 0 Å². The lowest BCUT2D eigenvalue weighted by Crippen LogP contribution is -1.91. The predicted molar refractivity (Wildman–Crippen MR) is 63.8 cm³/mol. The van der Waals surface area contributed by atoms with Gasteiger partial charge in [0, 0.05) is 10.6 Å². The monoisotopic (exact) mass is 255 g/mol. The van der Waals surface area contributed by atoms with Gasteiger partial charge in [0.1, 0.15) is 0 Å². The average molecular weight is 256 g/mol. The second kappa shape index (κ2) is 4.15. The first kappa shape index (κ1) is 11.0. The summed E-state index contributed by atoms with van der Waals surface area (Å²) in [5.74, 6) is 0.149. The lowest BCUT2D eigenvalue weighted by Gasteiger charge is -2.02. The third-order valence-corrected chi connectivity index (χ3v) is 2.70. The first-order chi connectivity index (χ1) is 7.63.